The summed E-state index contributed by atoms with van der Waals surface area (Å²) in [6.07, 6.45) is 1.91. The fourth-order valence-electron chi connectivity index (χ4n) is 2.13. The molecule has 0 fully saturated rings. The van der Waals surface area contributed by atoms with E-state index in [9.17, 15) is 0 Å². The Labute approximate surface area is 128 Å². The Hall–Kier alpha value is -1.17. The second-order valence-corrected chi connectivity index (χ2v) is 11.9. The van der Waals surface area contributed by atoms with Crippen LogP contribution in [0.25, 0.3) is 11.0 Å². The molecule has 0 saturated heterocycles. The largest absolute Gasteiger partial charge is 0.411 e. The maximum Gasteiger partial charge on any atom is 0.192 e. The highest BCUT2D eigenvalue weighted by molar-refractivity contribution is 6.74. The minimum absolute atomic E-state index is 0.0310. The standard InChI is InChI=1S/C16H27N3OSi/c1-16(2,3)21(4,5)20-13(10-17)11-19-12-18-14-8-6-7-9-15(14)19/h6-9,12-13H,10-11,17H2,1-5H3. The lowest BCUT2D eigenvalue weighted by Crippen LogP contribution is -2.46. The van der Waals surface area contributed by atoms with E-state index >= 15 is 0 Å². The summed E-state index contributed by atoms with van der Waals surface area (Å²) in [5, 5.41) is 0.192. The predicted molar refractivity (Wildman–Crippen MR) is 90.9 cm³/mol. The topological polar surface area (TPSA) is 53.1 Å². The lowest BCUT2D eigenvalue weighted by atomic mass is 10.2. The fraction of sp³-hybridized carbons (Fsp3) is 0.562. The van der Waals surface area contributed by atoms with Crippen LogP contribution >= 0.6 is 0 Å². The average Bonchev–Trinajstić information content (AvgIpc) is 2.80. The molecule has 2 aromatic rings. The number of aromatic nitrogens is 2. The van der Waals surface area contributed by atoms with Crippen LogP contribution < -0.4 is 5.73 Å². The van der Waals surface area contributed by atoms with Crippen molar-refractivity contribution in [3.8, 4) is 0 Å². The van der Waals surface area contributed by atoms with Crippen molar-refractivity contribution in [1.82, 2.24) is 9.55 Å². The first-order valence-corrected chi connectivity index (χ1v) is 10.4. The Morgan fingerprint density at radius 3 is 2.57 bits per heavy atom. The first kappa shape index (κ1) is 16.2. The molecular formula is C16H27N3OSi. The minimum atomic E-state index is -1.80. The zero-order valence-corrected chi connectivity index (χ0v) is 14.8. The van der Waals surface area contributed by atoms with Gasteiger partial charge in [0.05, 0.1) is 30.0 Å². The van der Waals surface area contributed by atoms with Crippen molar-refractivity contribution in [3.63, 3.8) is 0 Å². The molecule has 0 bridgehead atoms. The van der Waals surface area contributed by atoms with Gasteiger partial charge in [0.2, 0.25) is 0 Å². The Kier molecular flexibility index (Phi) is 4.56. The number of imidazole rings is 1. The van der Waals surface area contributed by atoms with Crippen molar-refractivity contribution < 1.29 is 4.43 Å². The molecule has 1 atom stereocenters. The molecule has 2 N–H and O–H groups in total. The van der Waals surface area contributed by atoms with E-state index in [1.54, 1.807) is 0 Å². The monoisotopic (exact) mass is 305 g/mol. The third kappa shape index (κ3) is 3.54. The van der Waals surface area contributed by atoms with Crippen LogP contribution in [0.2, 0.25) is 18.1 Å². The van der Waals surface area contributed by atoms with Crippen LogP contribution in [0.3, 0.4) is 0 Å². The quantitative estimate of drug-likeness (QED) is 0.862. The summed E-state index contributed by atoms with van der Waals surface area (Å²) >= 11 is 0. The smallest absolute Gasteiger partial charge is 0.192 e. The van der Waals surface area contributed by atoms with Crippen molar-refractivity contribution >= 4 is 19.4 Å². The van der Waals surface area contributed by atoms with Gasteiger partial charge in [0, 0.05) is 6.54 Å². The zero-order chi connectivity index (χ0) is 15.7. The summed E-state index contributed by atoms with van der Waals surface area (Å²) in [5.41, 5.74) is 8.10. The molecule has 1 aromatic carbocycles. The van der Waals surface area contributed by atoms with E-state index < -0.39 is 8.32 Å². The summed E-state index contributed by atoms with van der Waals surface area (Å²) in [6.45, 7) is 12.6. The summed E-state index contributed by atoms with van der Waals surface area (Å²) in [6, 6.07) is 8.15. The van der Waals surface area contributed by atoms with Gasteiger partial charge in [-0.2, -0.15) is 0 Å². The van der Waals surface area contributed by atoms with Crippen LogP contribution in [-0.4, -0.2) is 30.5 Å². The lowest BCUT2D eigenvalue weighted by Gasteiger charge is -2.39. The number of hydrogen-bond acceptors (Lipinski definition) is 3. The van der Waals surface area contributed by atoms with Gasteiger partial charge in [-0.05, 0) is 30.3 Å². The molecule has 0 spiro atoms. The molecule has 1 heterocycles. The third-order valence-corrected chi connectivity index (χ3v) is 8.99. The summed E-state index contributed by atoms with van der Waals surface area (Å²) < 4.78 is 8.58. The number of rotatable bonds is 5. The number of benzene rings is 1. The van der Waals surface area contributed by atoms with E-state index in [4.69, 9.17) is 10.2 Å². The molecular weight excluding hydrogens is 278 g/mol. The first-order chi connectivity index (χ1) is 9.74. The molecule has 0 amide bonds. The Bertz CT molecular complexity index is 601. The second-order valence-electron chi connectivity index (χ2n) is 7.12. The van der Waals surface area contributed by atoms with Crippen molar-refractivity contribution in [2.45, 2.75) is 51.6 Å². The van der Waals surface area contributed by atoms with Gasteiger partial charge >= 0.3 is 0 Å². The van der Waals surface area contributed by atoms with Crippen LogP contribution in [0.1, 0.15) is 20.8 Å². The number of nitrogens with two attached hydrogens (primary N) is 1. The van der Waals surface area contributed by atoms with Crippen LogP contribution in [0.5, 0.6) is 0 Å². The van der Waals surface area contributed by atoms with E-state index in [1.807, 2.05) is 24.5 Å². The van der Waals surface area contributed by atoms with Crippen molar-refractivity contribution in [1.29, 1.82) is 0 Å². The van der Waals surface area contributed by atoms with Crippen LogP contribution in [-0.2, 0) is 11.0 Å². The van der Waals surface area contributed by atoms with Gasteiger partial charge in [0.25, 0.3) is 0 Å². The first-order valence-electron chi connectivity index (χ1n) is 7.52. The molecule has 0 aliphatic heterocycles. The van der Waals surface area contributed by atoms with E-state index in [2.05, 4.69) is 49.5 Å². The van der Waals surface area contributed by atoms with Crippen LogP contribution in [0.15, 0.2) is 30.6 Å². The summed E-state index contributed by atoms with van der Waals surface area (Å²) in [7, 11) is -1.80. The third-order valence-electron chi connectivity index (χ3n) is 4.46. The molecule has 0 radical (unpaired) electrons. The SMILES string of the molecule is CC(C)(C)[Si](C)(C)OC(CN)Cn1cnc2ccccc21. The molecule has 0 saturated carbocycles. The van der Waals surface area contributed by atoms with Crippen molar-refractivity contribution in [2.75, 3.05) is 6.54 Å². The molecule has 1 unspecified atom stereocenters. The van der Waals surface area contributed by atoms with E-state index in [-0.39, 0.29) is 11.1 Å². The molecule has 116 valence electrons. The van der Waals surface area contributed by atoms with Crippen molar-refractivity contribution in [2.24, 2.45) is 5.73 Å². The Morgan fingerprint density at radius 2 is 1.95 bits per heavy atom. The molecule has 0 aliphatic rings. The van der Waals surface area contributed by atoms with Gasteiger partial charge in [0.1, 0.15) is 0 Å². The molecule has 5 heteroatoms. The van der Waals surface area contributed by atoms with Gasteiger partial charge in [-0.1, -0.05) is 32.9 Å². The van der Waals surface area contributed by atoms with Gasteiger partial charge in [0.15, 0.2) is 8.32 Å². The van der Waals surface area contributed by atoms with Crippen molar-refractivity contribution in [3.05, 3.63) is 30.6 Å². The molecule has 0 aliphatic carbocycles. The maximum absolute atomic E-state index is 6.44. The Morgan fingerprint density at radius 1 is 1.29 bits per heavy atom. The maximum atomic E-state index is 6.44. The number of para-hydroxylation sites is 2. The number of nitrogens with zero attached hydrogens (tertiary/aromatic N) is 2. The number of fused-ring (bicyclic) bond motifs is 1. The van der Waals surface area contributed by atoms with Crippen LogP contribution in [0, 0.1) is 0 Å². The predicted octanol–water partition coefficient (Wildman–Crippen LogP) is 3.39. The minimum Gasteiger partial charge on any atom is -0.411 e. The van der Waals surface area contributed by atoms with Crippen LogP contribution in [0.4, 0.5) is 0 Å². The lowest BCUT2D eigenvalue weighted by molar-refractivity contribution is 0.169. The zero-order valence-electron chi connectivity index (χ0n) is 13.8. The summed E-state index contributed by atoms with van der Waals surface area (Å²) in [4.78, 5) is 4.43. The van der Waals surface area contributed by atoms with Gasteiger partial charge in [-0.15, -0.1) is 0 Å². The highest BCUT2D eigenvalue weighted by Gasteiger charge is 2.39. The highest BCUT2D eigenvalue weighted by atomic mass is 28.4. The van der Waals surface area contributed by atoms with Gasteiger partial charge in [-0.25, -0.2) is 4.98 Å². The fourth-order valence-corrected chi connectivity index (χ4v) is 3.49. The normalized spacial score (nSPS) is 14.6. The number of hydrogen-bond donors (Lipinski definition) is 1. The summed E-state index contributed by atoms with van der Waals surface area (Å²) in [5.74, 6) is 0. The molecule has 1 aromatic heterocycles. The van der Waals surface area contributed by atoms with Gasteiger partial charge < -0.3 is 14.7 Å². The second kappa shape index (κ2) is 5.91. The van der Waals surface area contributed by atoms with Gasteiger partial charge in [-0.3, -0.25) is 0 Å². The molecule has 21 heavy (non-hydrogen) atoms. The average molecular weight is 305 g/mol. The Balaban J connectivity index is 2.16. The van der Waals surface area contributed by atoms with E-state index in [1.165, 1.54) is 0 Å². The van der Waals surface area contributed by atoms with E-state index in [0.29, 0.717) is 6.54 Å². The molecule has 2 rings (SSSR count). The van der Waals surface area contributed by atoms with E-state index in [0.717, 1.165) is 17.6 Å². The molecule has 4 nitrogen and oxygen atoms in total. The highest BCUT2D eigenvalue weighted by Crippen LogP contribution is 2.37.